The fourth-order valence-electron chi connectivity index (χ4n) is 3.03. The van der Waals surface area contributed by atoms with Gasteiger partial charge in [-0.15, -0.1) is 0 Å². The molecule has 0 saturated carbocycles. The molecule has 1 heterocycles. The van der Waals surface area contributed by atoms with Crippen LogP contribution >= 0.6 is 0 Å². The summed E-state index contributed by atoms with van der Waals surface area (Å²) in [6.07, 6.45) is 2.20. The van der Waals surface area contributed by atoms with Gasteiger partial charge in [-0.25, -0.2) is 5.84 Å². The van der Waals surface area contributed by atoms with Crippen molar-refractivity contribution in [3.8, 4) is 5.75 Å². The number of hydrogen-bond acceptors (Lipinski definition) is 4. The van der Waals surface area contributed by atoms with Gasteiger partial charge in [0.15, 0.2) is 0 Å². The summed E-state index contributed by atoms with van der Waals surface area (Å²) >= 11 is 0. The lowest BCUT2D eigenvalue weighted by Gasteiger charge is -2.17. The van der Waals surface area contributed by atoms with Crippen LogP contribution in [-0.4, -0.2) is 28.9 Å². The van der Waals surface area contributed by atoms with Gasteiger partial charge in [-0.1, -0.05) is 18.2 Å². The lowest BCUT2D eigenvalue weighted by molar-refractivity contribution is -0.123. The van der Waals surface area contributed by atoms with Gasteiger partial charge in [-0.2, -0.15) is 0 Å². The van der Waals surface area contributed by atoms with Gasteiger partial charge in [0.25, 0.3) is 11.8 Å². The summed E-state index contributed by atoms with van der Waals surface area (Å²) in [5.41, 5.74) is 4.45. The number of H-pyrrole nitrogens is 1. The number of amides is 2. The van der Waals surface area contributed by atoms with Crippen LogP contribution in [0.2, 0.25) is 0 Å². The minimum absolute atomic E-state index is 0.0495. The van der Waals surface area contributed by atoms with E-state index in [-0.39, 0.29) is 12.0 Å². The molecule has 0 aliphatic heterocycles. The molecule has 28 heavy (non-hydrogen) atoms. The van der Waals surface area contributed by atoms with Crippen molar-refractivity contribution >= 4 is 22.7 Å². The number of nitrogens with two attached hydrogens (primary N) is 1. The number of nitrogens with one attached hydrogen (secondary N) is 3. The van der Waals surface area contributed by atoms with Crippen LogP contribution in [0.1, 0.15) is 29.8 Å². The highest BCUT2D eigenvalue weighted by Crippen LogP contribution is 2.19. The Kier molecular flexibility index (Phi) is 5.96. The Hall–Kier alpha value is -3.32. The average Bonchev–Trinajstić information content (AvgIpc) is 3.10. The number of aromatic amines is 1. The van der Waals surface area contributed by atoms with E-state index in [0.29, 0.717) is 17.7 Å². The molecule has 7 nitrogen and oxygen atoms in total. The van der Waals surface area contributed by atoms with Crippen LogP contribution in [0.5, 0.6) is 5.75 Å². The third kappa shape index (κ3) is 4.50. The smallest absolute Gasteiger partial charge is 0.256 e. The molecular weight excluding hydrogens is 356 g/mol. The first kappa shape index (κ1) is 19.4. The first-order valence-corrected chi connectivity index (χ1v) is 9.11. The Morgan fingerprint density at radius 3 is 2.50 bits per heavy atom. The van der Waals surface area contributed by atoms with Crippen LogP contribution in [0.3, 0.4) is 0 Å². The van der Waals surface area contributed by atoms with Crippen molar-refractivity contribution in [3.05, 3.63) is 65.9 Å². The van der Waals surface area contributed by atoms with Crippen molar-refractivity contribution in [1.29, 1.82) is 0 Å². The Morgan fingerprint density at radius 1 is 1.11 bits per heavy atom. The van der Waals surface area contributed by atoms with E-state index in [9.17, 15) is 9.59 Å². The van der Waals surface area contributed by atoms with E-state index in [1.165, 1.54) is 0 Å². The van der Waals surface area contributed by atoms with Crippen LogP contribution in [0.15, 0.2) is 54.7 Å². The van der Waals surface area contributed by atoms with Crippen molar-refractivity contribution in [3.63, 3.8) is 0 Å². The second kappa shape index (κ2) is 8.58. The number of carbonyl (C=O) groups excluding carboxylic acids is 2. The van der Waals surface area contributed by atoms with Gasteiger partial charge in [0.1, 0.15) is 11.8 Å². The van der Waals surface area contributed by atoms with Crippen LogP contribution < -0.4 is 21.3 Å². The molecular formula is C21H24N4O3. The minimum atomic E-state index is -0.803. The molecule has 0 aliphatic carbocycles. The molecule has 0 aliphatic rings. The number of carbonyl (C=O) groups is 2. The average molecular weight is 380 g/mol. The van der Waals surface area contributed by atoms with E-state index in [2.05, 4.69) is 15.7 Å². The highest BCUT2D eigenvalue weighted by atomic mass is 16.5. The van der Waals surface area contributed by atoms with Gasteiger partial charge in [-0.05, 0) is 49.7 Å². The summed E-state index contributed by atoms with van der Waals surface area (Å²) in [4.78, 5) is 28.0. The van der Waals surface area contributed by atoms with E-state index in [4.69, 9.17) is 10.6 Å². The SMILES string of the molecule is CC(C)Oc1ccc(C(=O)N[C@@H](Cc2c[nH]c3ccccc23)C(=O)NN)cc1. The van der Waals surface area contributed by atoms with E-state index in [0.717, 1.165) is 16.5 Å². The maximum absolute atomic E-state index is 12.6. The predicted molar refractivity (Wildman–Crippen MR) is 108 cm³/mol. The highest BCUT2D eigenvalue weighted by Gasteiger charge is 2.22. The van der Waals surface area contributed by atoms with Crippen molar-refractivity contribution in [2.75, 3.05) is 0 Å². The summed E-state index contributed by atoms with van der Waals surface area (Å²) in [6, 6.07) is 13.8. The predicted octanol–water partition coefficient (Wildman–Crippen LogP) is 2.29. The Morgan fingerprint density at radius 2 is 1.82 bits per heavy atom. The van der Waals surface area contributed by atoms with Gasteiger partial charge in [0, 0.05) is 29.1 Å². The van der Waals surface area contributed by atoms with Crippen molar-refractivity contribution < 1.29 is 14.3 Å². The number of para-hydroxylation sites is 1. The largest absolute Gasteiger partial charge is 0.491 e. The second-order valence-electron chi connectivity index (χ2n) is 6.79. The standard InChI is InChI=1S/C21H24N4O3/c1-13(2)28-16-9-7-14(8-10-16)20(26)24-19(21(27)25-22)11-15-12-23-18-6-4-3-5-17(15)18/h3-10,12-13,19,23H,11,22H2,1-2H3,(H,24,26)(H,25,27)/t19-/m0/s1. The molecule has 0 saturated heterocycles. The van der Waals surface area contributed by atoms with Crippen molar-refractivity contribution in [1.82, 2.24) is 15.7 Å². The minimum Gasteiger partial charge on any atom is -0.491 e. The monoisotopic (exact) mass is 380 g/mol. The molecule has 0 fully saturated rings. The molecule has 146 valence electrons. The van der Waals surface area contributed by atoms with E-state index >= 15 is 0 Å². The molecule has 1 aromatic heterocycles. The third-order valence-electron chi connectivity index (χ3n) is 4.35. The fourth-order valence-corrected chi connectivity index (χ4v) is 3.03. The normalized spacial score (nSPS) is 12.0. The van der Waals surface area contributed by atoms with E-state index in [1.54, 1.807) is 24.3 Å². The van der Waals surface area contributed by atoms with E-state index < -0.39 is 11.9 Å². The summed E-state index contributed by atoms with van der Waals surface area (Å²) in [6.45, 7) is 3.86. The maximum atomic E-state index is 12.6. The number of ether oxygens (including phenoxy) is 1. The number of aromatic nitrogens is 1. The lowest BCUT2D eigenvalue weighted by atomic mass is 10.0. The molecule has 0 radical (unpaired) electrons. The highest BCUT2D eigenvalue weighted by molar-refractivity contribution is 5.98. The molecule has 1 atom stereocenters. The maximum Gasteiger partial charge on any atom is 0.256 e. The number of hydrazine groups is 1. The van der Waals surface area contributed by atoms with Gasteiger partial charge in [-0.3, -0.25) is 15.0 Å². The van der Waals surface area contributed by atoms with Crippen molar-refractivity contribution in [2.24, 2.45) is 5.84 Å². The van der Waals surface area contributed by atoms with Gasteiger partial charge in [0.05, 0.1) is 6.10 Å². The molecule has 3 rings (SSSR count). The zero-order valence-electron chi connectivity index (χ0n) is 15.9. The molecule has 3 aromatic rings. The van der Waals surface area contributed by atoms with Gasteiger partial charge in [0.2, 0.25) is 0 Å². The first-order valence-electron chi connectivity index (χ1n) is 9.11. The second-order valence-corrected chi connectivity index (χ2v) is 6.79. The molecule has 0 bridgehead atoms. The summed E-state index contributed by atoms with van der Waals surface area (Å²) in [7, 11) is 0. The van der Waals surface area contributed by atoms with Crippen LogP contribution in [0.4, 0.5) is 0 Å². The Labute approximate surface area is 163 Å². The number of hydrogen-bond donors (Lipinski definition) is 4. The van der Waals surface area contributed by atoms with Crippen LogP contribution in [0.25, 0.3) is 10.9 Å². The zero-order chi connectivity index (χ0) is 20.1. The molecule has 7 heteroatoms. The topological polar surface area (TPSA) is 109 Å². The molecule has 5 N–H and O–H groups in total. The molecule has 2 aromatic carbocycles. The summed E-state index contributed by atoms with van der Waals surface area (Å²) < 4.78 is 5.58. The number of benzene rings is 2. The molecule has 0 unspecified atom stereocenters. The zero-order valence-corrected chi connectivity index (χ0v) is 15.9. The Balaban J connectivity index is 1.75. The number of fused-ring (bicyclic) bond motifs is 1. The third-order valence-corrected chi connectivity index (χ3v) is 4.35. The number of rotatable bonds is 7. The molecule has 2 amide bonds. The van der Waals surface area contributed by atoms with Gasteiger partial charge < -0.3 is 15.0 Å². The van der Waals surface area contributed by atoms with Crippen LogP contribution in [0, 0.1) is 0 Å². The first-order chi connectivity index (χ1) is 13.5. The van der Waals surface area contributed by atoms with Crippen LogP contribution in [-0.2, 0) is 11.2 Å². The quantitative estimate of drug-likeness (QED) is 0.286. The molecule has 0 spiro atoms. The summed E-state index contributed by atoms with van der Waals surface area (Å²) in [5.74, 6) is 5.19. The van der Waals surface area contributed by atoms with Crippen molar-refractivity contribution in [2.45, 2.75) is 32.4 Å². The Bertz CT molecular complexity index is 963. The fraction of sp³-hybridized carbons (Fsp3) is 0.238. The van der Waals surface area contributed by atoms with Gasteiger partial charge >= 0.3 is 0 Å². The lowest BCUT2D eigenvalue weighted by Crippen LogP contribution is -2.50. The van der Waals surface area contributed by atoms with E-state index in [1.807, 2.05) is 44.3 Å². The summed E-state index contributed by atoms with van der Waals surface area (Å²) in [5, 5.41) is 3.76.